The van der Waals surface area contributed by atoms with E-state index >= 15 is 0 Å². The van der Waals surface area contributed by atoms with E-state index in [4.69, 9.17) is 4.74 Å². The smallest absolute Gasteiger partial charge is 0.120 e. The molecule has 2 nitrogen and oxygen atoms in total. The zero-order valence-electron chi connectivity index (χ0n) is 11.6. The average Bonchev–Trinajstić information content (AvgIpc) is 2.44. The highest BCUT2D eigenvalue weighted by molar-refractivity contribution is 5.28. The van der Waals surface area contributed by atoms with E-state index in [2.05, 4.69) is 55.6 Å². The molecule has 0 bridgehead atoms. The van der Waals surface area contributed by atoms with Gasteiger partial charge in [0.1, 0.15) is 12.4 Å². The number of hydrogen-bond donors (Lipinski definition) is 1. The van der Waals surface area contributed by atoms with Crippen LogP contribution in [0.1, 0.15) is 23.6 Å². The Morgan fingerprint density at radius 2 is 1.74 bits per heavy atom. The largest absolute Gasteiger partial charge is 0.489 e. The summed E-state index contributed by atoms with van der Waals surface area (Å²) in [6.07, 6.45) is 0. The Hall–Kier alpha value is -1.80. The molecule has 0 radical (unpaired) electrons. The SMILES string of the molecule is CCNCc1ccc(COc2cccc(C)c2)cc1. The van der Waals surface area contributed by atoms with Gasteiger partial charge in [0.2, 0.25) is 0 Å². The second-order valence-corrected chi connectivity index (χ2v) is 4.70. The lowest BCUT2D eigenvalue weighted by atomic mass is 10.1. The van der Waals surface area contributed by atoms with Crippen molar-refractivity contribution in [1.29, 1.82) is 0 Å². The van der Waals surface area contributed by atoms with Crippen LogP contribution in [0.25, 0.3) is 0 Å². The fourth-order valence-electron chi connectivity index (χ4n) is 1.89. The van der Waals surface area contributed by atoms with Gasteiger partial charge in [-0.1, -0.05) is 43.3 Å². The van der Waals surface area contributed by atoms with Crippen LogP contribution in [-0.4, -0.2) is 6.54 Å². The Kier molecular flexibility index (Phi) is 4.99. The van der Waals surface area contributed by atoms with E-state index in [0.717, 1.165) is 18.8 Å². The highest BCUT2D eigenvalue weighted by Crippen LogP contribution is 2.14. The number of ether oxygens (including phenoxy) is 1. The van der Waals surface area contributed by atoms with Crippen LogP contribution in [0.2, 0.25) is 0 Å². The van der Waals surface area contributed by atoms with Crippen LogP contribution in [0.3, 0.4) is 0 Å². The van der Waals surface area contributed by atoms with Gasteiger partial charge in [-0.3, -0.25) is 0 Å². The molecule has 2 aromatic rings. The van der Waals surface area contributed by atoms with E-state index in [1.807, 2.05) is 12.1 Å². The quantitative estimate of drug-likeness (QED) is 0.850. The van der Waals surface area contributed by atoms with Crippen molar-refractivity contribution in [2.45, 2.75) is 27.0 Å². The predicted octanol–water partition coefficient (Wildman–Crippen LogP) is 3.68. The molecule has 0 fully saturated rings. The number of aryl methyl sites for hydroxylation is 1. The van der Waals surface area contributed by atoms with Crippen LogP contribution in [0.4, 0.5) is 0 Å². The second kappa shape index (κ2) is 6.95. The molecule has 2 aromatic carbocycles. The van der Waals surface area contributed by atoms with Crippen molar-refractivity contribution in [3.8, 4) is 5.75 Å². The summed E-state index contributed by atoms with van der Waals surface area (Å²) in [5.74, 6) is 0.928. The number of hydrogen-bond acceptors (Lipinski definition) is 2. The Morgan fingerprint density at radius 3 is 2.42 bits per heavy atom. The van der Waals surface area contributed by atoms with Crippen molar-refractivity contribution >= 4 is 0 Å². The number of benzene rings is 2. The van der Waals surface area contributed by atoms with Crippen LogP contribution in [-0.2, 0) is 13.2 Å². The van der Waals surface area contributed by atoms with Crippen molar-refractivity contribution in [3.63, 3.8) is 0 Å². The minimum absolute atomic E-state index is 0.616. The van der Waals surface area contributed by atoms with Gasteiger partial charge in [0.15, 0.2) is 0 Å². The summed E-state index contributed by atoms with van der Waals surface area (Å²) in [5, 5.41) is 3.32. The van der Waals surface area contributed by atoms with Crippen LogP contribution in [0.15, 0.2) is 48.5 Å². The van der Waals surface area contributed by atoms with Gasteiger partial charge in [0.25, 0.3) is 0 Å². The molecule has 2 rings (SSSR count). The third kappa shape index (κ3) is 4.42. The van der Waals surface area contributed by atoms with Gasteiger partial charge in [0, 0.05) is 6.54 Å². The summed E-state index contributed by atoms with van der Waals surface area (Å²) in [6.45, 7) is 6.73. The third-order valence-electron chi connectivity index (χ3n) is 3.00. The Labute approximate surface area is 115 Å². The van der Waals surface area contributed by atoms with Gasteiger partial charge in [-0.05, 0) is 42.3 Å². The Morgan fingerprint density at radius 1 is 1.00 bits per heavy atom. The maximum Gasteiger partial charge on any atom is 0.120 e. The zero-order chi connectivity index (χ0) is 13.5. The molecule has 2 heteroatoms. The minimum Gasteiger partial charge on any atom is -0.489 e. The van der Waals surface area contributed by atoms with Gasteiger partial charge in [-0.15, -0.1) is 0 Å². The first kappa shape index (κ1) is 13.6. The van der Waals surface area contributed by atoms with Crippen molar-refractivity contribution in [1.82, 2.24) is 5.32 Å². The molecule has 0 aromatic heterocycles. The monoisotopic (exact) mass is 255 g/mol. The summed E-state index contributed by atoms with van der Waals surface area (Å²) in [5.41, 5.74) is 3.72. The summed E-state index contributed by atoms with van der Waals surface area (Å²) < 4.78 is 5.78. The summed E-state index contributed by atoms with van der Waals surface area (Å²) in [7, 11) is 0. The lowest BCUT2D eigenvalue weighted by molar-refractivity contribution is 0.306. The first-order valence-electron chi connectivity index (χ1n) is 6.76. The van der Waals surface area contributed by atoms with Crippen molar-refractivity contribution in [2.75, 3.05) is 6.54 Å². The molecule has 1 N–H and O–H groups in total. The highest BCUT2D eigenvalue weighted by atomic mass is 16.5. The van der Waals surface area contributed by atoms with E-state index in [0.29, 0.717) is 6.61 Å². The van der Waals surface area contributed by atoms with Gasteiger partial charge >= 0.3 is 0 Å². The molecule has 0 amide bonds. The molecule has 0 aliphatic rings. The van der Waals surface area contributed by atoms with Gasteiger partial charge in [-0.2, -0.15) is 0 Å². The number of rotatable bonds is 6. The molecule has 0 unspecified atom stereocenters. The molecular weight excluding hydrogens is 234 g/mol. The number of nitrogens with one attached hydrogen (secondary N) is 1. The van der Waals surface area contributed by atoms with Crippen molar-refractivity contribution < 1.29 is 4.74 Å². The lowest BCUT2D eigenvalue weighted by Gasteiger charge is -2.08. The second-order valence-electron chi connectivity index (χ2n) is 4.70. The van der Waals surface area contributed by atoms with E-state index in [-0.39, 0.29) is 0 Å². The molecule has 0 aliphatic heterocycles. The molecule has 0 atom stereocenters. The molecule has 0 saturated carbocycles. The van der Waals surface area contributed by atoms with Crippen LogP contribution >= 0.6 is 0 Å². The molecule has 100 valence electrons. The van der Waals surface area contributed by atoms with E-state index in [9.17, 15) is 0 Å². The summed E-state index contributed by atoms with van der Waals surface area (Å²) in [4.78, 5) is 0. The molecule has 0 saturated heterocycles. The minimum atomic E-state index is 0.616. The van der Waals surface area contributed by atoms with Crippen LogP contribution < -0.4 is 10.1 Å². The highest BCUT2D eigenvalue weighted by Gasteiger charge is 1.97. The average molecular weight is 255 g/mol. The molecule has 19 heavy (non-hydrogen) atoms. The predicted molar refractivity (Wildman–Crippen MR) is 79.3 cm³/mol. The van der Waals surface area contributed by atoms with Crippen LogP contribution in [0.5, 0.6) is 5.75 Å². The van der Waals surface area contributed by atoms with Gasteiger partial charge < -0.3 is 10.1 Å². The normalized spacial score (nSPS) is 10.4. The fourth-order valence-corrected chi connectivity index (χ4v) is 1.89. The standard InChI is InChI=1S/C17H21NO/c1-3-18-12-15-7-9-16(10-8-15)13-19-17-6-4-5-14(2)11-17/h4-11,18H,3,12-13H2,1-2H3. The van der Waals surface area contributed by atoms with E-state index in [1.54, 1.807) is 0 Å². The van der Waals surface area contributed by atoms with Crippen LogP contribution in [0, 0.1) is 6.92 Å². The topological polar surface area (TPSA) is 21.3 Å². The molecule has 0 heterocycles. The lowest BCUT2D eigenvalue weighted by Crippen LogP contribution is -2.11. The zero-order valence-corrected chi connectivity index (χ0v) is 11.6. The van der Waals surface area contributed by atoms with E-state index < -0.39 is 0 Å². The van der Waals surface area contributed by atoms with Crippen molar-refractivity contribution in [2.24, 2.45) is 0 Å². The van der Waals surface area contributed by atoms with Gasteiger partial charge in [-0.25, -0.2) is 0 Å². The Balaban J connectivity index is 1.89. The van der Waals surface area contributed by atoms with E-state index in [1.165, 1.54) is 16.7 Å². The summed E-state index contributed by atoms with van der Waals surface area (Å²) >= 11 is 0. The molecule has 0 aliphatic carbocycles. The van der Waals surface area contributed by atoms with Gasteiger partial charge in [0.05, 0.1) is 0 Å². The van der Waals surface area contributed by atoms with Crippen molar-refractivity contribution in [3.05, 3.63) is 65.2 Å². The molecule has 0 spiro atoms. The maximum absolute atomic E-state index is 5.78. The summed E-state index contributed by atoms with van der Waals surface area (Å²) in [6, 6.07) is 16.7. The molecular formula is C17H21NO. The first-order valence-corrected chi connectivity index (χ1v) is 6.76. The Bertz CT molecular complexity index is 505. The first-order chi connectivity index (χ1) is 9.28. The fraction of sp³-hybridized carbons (Fsp3) is 0.294. The maximum atomic E-state index is 5.78. The third-order valence-corrected chi connectivity index (χ3v) is 3.00.